The molecule has 0 spiro atoms. The molecule has 1 aromatic heterocycles. The Kier molecular flexibility index (Phi) is 3.77. The Morgan fingerprint density at radius 3 is 2.72 bits per heavy atom. The molecule has 0 aliphatic heterocycles. The molecule has 2 rings (SSSR count). The summed E-state index contributed by atoms with van der Waals surface area (Å²) in [6.07, 6.45) is 1.77. The van der Waals surface area contributed by atoms with Crippen molar-refractivity contribution in [2.24, 2.45) is 0 Å². The third kappa shape index (κ3) is 2.77. The van der Waals surface area contributed by atoms with Crippen molar-refractivity contribution in [1.82, 2.24) is 9.97 Å². The van der Waals surface area contributed by atoms with Gasteiger partial charge in [-0.2, -0.15) is 4.98 Å². The van der Waals surface area contributed by atoms with E-state index in [9.17, 15) is 0 Å². The van der Waals surface area contributed by atoms with Gasteiger partial charge < -0.3 is 10.2 Å². The van der Waals surface area contributed by atoms with Crippen LogP contribution in [0.1, 0.15) is 11.1 Å². The molecule has 1 N–H and O–H groups in total. The van der Waals surface area contributed by atoms with Crippen molar-refractivity contribution < 1.29 is 0 Å². The van der Waals surface area contributed by atoms with Gasteiger partial charge in [-0.05, 0) is 24.1 Å². The summed E-state index contributed by atoms with van der Waals surface area (Å²) in [4.78, 5) is 10.7. The minimum Gasteiger partial charge on any atom is -0.357 e. The Morgan fingerprint density at radius 2 is 2.00 bits per heavy atom. The number of hydrogen-bond donors (Lipinski definition) is 1. The summed E-state index contributed by atoms with van der Waals surface area (Å²) in [6, 6.07) is 10.3. The normalized spacial score (nSPS) is 10.2. The molecule has 1 heterocycles. The van der Waals surface area contributed by atoms with E-state index in [2.05, 4.69) is 51.4 Å². The highest BCUT2D eigenvalue weighted by atomic mass is 15.2. The van der Waals surface area contributed by atoms with Gasteiger partial charge in [-0.15, -0.1) is 0 Å². The first-order valence-electron chi connectivity index (χ1n) is 5.97. The topological polar surface area (TPSA) is 41.1 Å². The van der Waals surface area contributed by atoms with Crippen LogP contribution in [0, 0.1) is 6.92 Å². The van der Waals surface area contributed by atoms with E-state index in [0.717, 1.165) is 12.4 Å². The number of benzene rings is 1. The summed E-state index contributed by atoms with van der Waals surface area (Å²) in [5, 5.41) is 2.95. The van der Waals surface area contributed by atoms with Gasteiger partial charge in [-0.25, -0.2) is 4.98 Å². The summed E-state index contributed by atoms with van der Waals surface area (Å²) in [7, 11) is 3.86. The van der Waals surface area contributed by atoms with Crippen LogP contribution < -0.4 is 10.2 Å². The maximum absolute atomic E-state index is 4.42. The van der Waals surface area contributed by atoms with Crippen molar-refractivity contribution in [3.05, 3.63) is 47.7 Å². The fourth-order valence-electron chi connectivity index (χ4n) is 1.81. The van der Waals surface area contributed by atoms with Crippen molar-refractivity contribution in [3.63, 3.8) is 0 Å². The molecule has 94 valence electrons. The molecule has 0 saturated heterocycles. The second kappa shape index (κ2) is 5.49. The minimum atomic E-state index is 0.643. The molecule has 1 aromatic carbocycles. The van der Waals surface area contributed by atoms with Crippen LogP contribution in [0.4, 0.5) is 11.8 Å². The minimum absolute atomic E-state index is 0.643. The van der Waals surface area contributed by atoms with Crippen LogP contribution in [-0.2, 0) is 6.54 Å². The fraction of sp³-hybridized carbons (Fsp3) is 0.286. The summed E-state index contributed by atoms with van der Waals surface area (Å²) in [5.74, 6) is 1.56. The van der Waals surface area contributed by atoms with E-state index < -0.39 is 0 Å². The summed E-state index contributed by atoms with van der Waals surface area (Å²) in [6.45, 7) is 2.97. The van der Waals surface area contributed by atoms with E-state index in [0.29, 0.717) is 5.95 Å². The number of nitrogens with one attached hydrogen (secondary N) is 1. The second-order valence-electron chi connectivity index (χ2n) is 4.27. The molecule has 2 aromatic rings. The standard InChI is InChI=1S/C14H18N4/c1-11-6-4-5-7-12(11)10-18(3)13-8-9-16-14(15-2)17-13/h4-9H,10H2,1-3H3,(H,15,16,17). The van der Waals surface area contributed by atoms with Crippen molar-refractivity contribution in [1.29, 1.82) is 0 Å². The maximum Gasteiger partial charge on any atom is 0.224 e. The van der Waals surface area contributed by atoms with E-state index in [1.54, 1.807) is 6.20 Å². The molecule has 0 saturated carbocycles. The number of aromatic nitrogens is 2. The molecule has 4 heteroatoms. The molecule has 4 nitrogen and oxygen atoms in total. The lowest BCUT2D eigenvalue weighted by Crippen LogP contribution is -2.18. The number of nitrogens with zero attached hydrogens (tertiary/aromatic N) is 3. The lowest BCUT2D eigenvalue weighted by Gasteiger charge is -2.19. The van der Waals surface area contributed by atoms with E-state index in [1.165, 1.54) is 11.1 Å². The molecular formula is C14H18N4. The van der Waals surface area contributed by atoms with Crippen LogP contribution in [0.25, 0.3) is 0 Å². The van der Waals surface area contributed by atoms with Crippen LogP contribution >= 0.6 is 0 Å². The van der Waals surface area contributed by atoms with Crippen molar-refractivity contribution in [2.45, 2.75) is 13.5 Å². The molecule has 0 atom stereocenters. The SMILES string of the molecule is CNc1nccc(N(C)Cc2ccccc2C)n1. The average molecular weight is 242 g/mol. The van der Waals surface area contributed by atoms with E-state index >= 15 is 0 Å². The molecule has 0 amide bonds. The third-order valence-corrected chi connectivity index (χ3v) is 2.92. The first kappa shape index (κ1) is 12.4. The van der Waals surface area contributed by atoms with Gasteiger partial charge in [0, 0.05) is 26.8 Å². The number of aryl methyl sites for hydroxylation is 1. The van der Waals surface area contributed by atoms with Crippen LogP contribution in [0.15, 0.2) is 36.5 Å². The molecule has 0 bridgehead atoms. The molecule has 0 aliphatic rings. The summed E-state index contributed by atoms with van der Waals surface area (Å²) in [5.41, 5.74) is 2.61. The fourth-order valence-corrected chi connectivity index (χ4v) is 1.81. The Bertz CT molecular complexity index is 525. The monoisotopic (exact) mass is 242 g/mol. The van der Waals surface area contributed by atoms with Crippen LogP contribution in [-0.4, -0.2) is 24.1 Å². The van der Waals surface area contributed by atoms with Gasteiger partial charge in [0.05, 0.1) is 0 Å². The average Bonchev–Trinajstić information content (AvgIpc) is 2.41. The summed E-state index contributed by atoms with van der Waals surface area (Å²) >= 11 is 0. The number of anilines is 2. The lowest BCUT2D eigenvalue weighted by molar-refractivity contribution is 0.885. The van der Waals surface area contributed by atoms with Crippen molar-refractivity contribution >= 4 is 11.8 Å². The van der Waals surface area contributed by atoms with Crippen LogP contribution in [0.3, 0.4) is 0 Å². The van der Waals surface area contributed by atoms with Crippen LogP contribution in [0.2, 0.25) is 0 Å². The van der Waals surface area contributed by atoms with Crippen molar-refractivity contribution in [3.8, 4) is 0 Å². The molecule has 0 unspecified atom stereocenters. The Balaban J connectivity index is 2.16. The summed E-state index contributed by atoms with van der Waals surface area (Å²) < 4.78 is 0. The Morgan fingerprint density at radius 1 is 1.22 bits per heavy atom. The zero-order valence-corrected chi connectivity index (χ0v) is 11.0. The number of hydrogen-bond acceptors (Lipinski definition) is 4. The Hall–Kier alpha value is -2.10. The van der Waals surface area contributed by atoms with Crippen LogP contribution in [0.5, 0.6) is 0 Å². The van der Waals surface area contributed by atoms with Gasteiger partial charge in [0.2, 0.25) is 5.95 Å². The highest BCUT2D eigenvalue weighted by Crippen LogP contribution is 2.15. The van der Waals surface area contributed by atoms with Gasteiger partial charge >= 0.3 is 0 Å². The molecule has 0 fully saturated rings. The van der Waals surface area contributed by atoms with Gasteiger partial charge in [0.1, 0.15) is 5.82 Å². The zero-order valence-electron chi connectivity index (χ0n) is 11.0. The maximum atomic E-state index is 4.42. The highest BCUT2D eigenvalue weighted by molar-refractivity contribution is 5.43. The zero-order chi connectivity index (χ0) is 13.0. The number of rotatable bonds is 4. The first-order chi connectivity index (χ1) is 8.70. The van der Waals surface area contributed by atoms with Gasteiger partial charge in [0.15, 0.2) is 0 Å². The van der Waals surface area contributed by atoms with Crippen molar-refractivity contribution in [2.75, 3.05) is 24.3 Å². The van der Waals surface area contributed by atoms with E-state index in [4.69, 9.17) is 0 Å². The predicted octanol–water partition coefficient (Wildman–Crippen LogP) is 2.46. The van der Waals surface area contributed by atoms with E-state index in [1.807, 2.05) is 20.2 Å². The van der Waals surface area contributed by atoms with Gasteiger partial charge in [-0.3, -0.25) is 0 Å². The molecule has 0 aliphatic carbocycles. The third-order valence-electron chi connectivity index (χ3n) is 2.92. The second-order valence-corrected chi connectivity index (χ2v) is 4.27. The lowest BCUT2D eigenvalue weighted by atomic mass is 10.1. The highest BCUT2D eigenvalue weighted by Gasteiger charge is 2.06. The predicted molar refractivity (Wildman–Crippen MR) is 74.9 cm³/mol. The molecular weight excluding hydrogens is 224 g/mol. The van der Waals surface area contributed by atoms with E-state index in [-0.39, 0.29) is 0 Å². The molecule has 0 radical (unpaired) electrons. The van der Waals surface area contributed by atoms with Gasteiger partial charge in [0.25, 0.3) is 0 Å². The van der Waals surface area contributed by atoms with Gasteiger partial charge in [-0.1, -0.05) is 24.3 Å². The molecule has 18 heavy (non-hydrogen) atoms. The first-order valence-corrected chi connectivity index (χ1v) is 5.97. The largest absolute Gasteiger partial charge is 0.357 e. The smallest absolute Gasteiger partial charge is 0.224 e. The Labute approximate surface area is 108 Å². The quantitative estimate of drug-likeness (QED) is 0.894.